The molecule has 1 atom stereocenters. The SMILES string of the molecule is COc1cccc(-c2[nH]c3ccccc3c2[C@@H]2c3ccccc3C(=O)N2CC(=O)N2CCCCC2)c1. The number of methoxy groups -OCH3 is 1. The fourth-order valence-corrected chi connectivity index (χ4v) is 5.69. The predicted molar refractivity (Wildman–Crippen MR) is 140 cm³/mol. The molecule has 2 aliphatic rings. The number of carbonyl (C=O) groups excluding carboxylic acids is 2. The van der Waals surface area contributed by atoms with Crippen LogP contribution in [-0.4, -0.2) is 53.3 Å². The Balaban J connectivity index is 1.52. The number of benzene rings is 3. The normalized spacial score (nSPS) is 17.5. The standard InChI is InChI=1S/C30H29N3O3/c1-36-21-11-9-10-20(18-21)28-27(24-14-5-6-15-25(24)31-28)29-22-12-3-4-13-23(22)30(35)33(29)19-26(34)32-16-7-2-8-17-32/h3-6,9-15,18,29,31H,2,7-8,16-17,19H2,1H3/t29-/m0/s1. The number of fused-ring (bicyclic) bond motifs is 2. The van der Waals surface area contributed by atoms with E-state index in [1.807, 2.05) is 65.6 Å². The average molecular weight is 480 g/mol. The first kappa shape index (κ1) is 22.4. The molecule has 0 radical (unpaired) electrons. The lowest BCUT2D eigenvalue weighted by Crippen LogP contribution is -2.44. The maximum Gasteiger partial charge on any atom is 0.255 e. The fraction of sp³-hybridized carbons (Fsp3) is 0.267. The van der Waals surface area contributed by atoms with Gasteiger partial charge in [-0.15, -0.1) is 0 Å². The Morgan fingerprint density at radius 2 is 1.75 bits per heavy atom. The Kier molecular flexibility index (Phi) is 5.72. The molecule has 4 aromatic rings. The van der Waals surface area contributed by atoms with Gasteiger partial charge in [-0.1, -0.05) is 48.5 Å². The highest BCUT2D eigenvalue weighted by molar-refractivity contribution is 6.03. The second-order valence-electron chi connectivity index (χ2n) is 9.56. The van der Waals surface area contributed by atoms with Crippen LogP contribution >= 0.6 is 0 Å². The molecule has 1 N–H and O–H groups in total. The zero-order chi connectivity index (χ0) is 24.6. The molecule has 6 heteroatoms. The van der Waals surface area contributed by atoms with Crippen LogP contribution in [0.2, 0.25) is 0 Å². The average Bonchev–Trinajstić information content (AvgIpc) is 3.44. The predicted octanol–water partition coefficient (Wildman–Crippen LogP) is 5.40. The smallest absolute Gasteiger partial charge is 0.255 e. The first-order valence-electron chi connectivity index (χ1n) is 12.6. The number of likely N-dealkylation sites (tertiary alicyclic amines) is 1. The number of aromatic nitrogens is 1. The lowest BCUT2D eigenvalue weighted by Gasteiger charge is -2.31. The van der Waals surface area contributed by atoms with Crippen molar-refractivity contribution in [2.75, 3.05) is 26.7 Å². The summed E-state index contributed by atoms with van der Waals surface area (Å²) in [6.07, 6.45) is 3.19. The van der Waals surface area contributed by atoms with Gasteiger partial charge in [0.05, 0.1) is 18.8 Å². The fourth-order valence-electron chi connectivity index (χ4n) is 5.69. The van der Waals surface area contributed by atoms with Crippen LogP contribution in [0.4, 0.5) is 0 Å². The van der Waals surface area contributed by atoms with Crippen LogP contribution in [0.25, 0.3) is 22.2 Å². The van der Waals surface area contributed by atoms with Crippen molar-refractivity contribution >= 4 is 22.7 Å². The zero-order valence-corrected chi connectivity index (χ0v) is 20.4. The van der Waals surface area contributed by atoms with Crippen molar-refractivity contribution in [1.82, 2.24) is 14.8 Å². The minimum absolute atomic E-state index is 0.0172. The number of hydrogen-bond acceptors (Lipinski definition) is 3. The van der Waals surface area contributed by atoms with E-state index in [-0.39, 0.29) is 24.4 Å². The van der Waals surface area contributed by atoms with Crippen molar-refractivity contribution in [1.29, 1.82) is 0 Å². The van der Waals surface area contributed by atoms with Crippen LogP contribution in [-0.2, 0) is 4.79 Å². The number of aromatic amines is 1. The number of nitrogens with one attached hydrogen (secondary N) is 1. The van der Waals surface area contributed by atoms with Gasteiger partial charge in [-0.25, -0.2) is 0 Å². The number of amides is 2. The van der Waals surface area contributed by atoms with E-state index in [0.717, 1.165) is 71.4 Å². The molecule has 3 heterocycles. The van der Waals surface area contributed by atoms with Crippen LogP contribution in [0.5, 0.6) is 5.75 Å². The van der Waals surface area contributed by atoms with Crippen molar-refractivity contribution in [2.45, 2.75) is 25.3 Å². The van der Waals surface area contributed by atoms with Crippen LogP contribution < -0.4 is 4.74 Å². The van der Waals surface area contributed by atoms with Crippen LogP contribution in [0.3, 0.4) is 0 Å². The number of para-hydroxylation sites is 1. The second-order valence-corrected chi connectivity index (χ2v) is 9.56. The van der Waals surface area contributed by atoms with Gasteiger partial charge >= 0.3 is 0 Å². The molecular weight excluding hydrogens is 450 g/mol. The molecule has 182 valence electrons. The minimum atomic E-state index is -0.375. The number of carbonyl (C=O) groups is 2. The molecular formula is C30H29N3O3. The van der Waals surface area contributed by atoms with Crippen molar-refractivity contribution in [3.8, 4) is 17.0 Å². The first-order valence-corrected chi connectivity index (χ1v) is 12.6. The van der Waals surface area contributed by atoms with Crippen LogP contribution in [0.15, 0.2) is 72.8 Å². The summed E-state index contributed by atoms with van der Waals surface area (Å²) in [6.45, 7) is 1.59. The number of nitrogens with zero attached hydrogens (tertiary/aromatic N) is 2. The van der Waals surface area contributed by atoms with Gasteiger partial charge in [0.1, 0.15) is 12.3 Å². The maximum atomic E-state index is 13.7. The number of ether oxygens (including phenoxy) is 1. The highest BCUT2D eigenvalue weighted by atomic mass is 16.5. The summed E-state index contributed by atoms with van der Waals surface area (Å²) in [5, 5.41) is 1.04. The molecule has 1 fully saturated rings. The van der Waals surface area contributed by atoms with E-state index in [1.165, 1.54) is 0 Å². The van der Waals surface area contributed by atoms with Gasteiger partial charge in [0, 0.05) is 40.7 Å². The van der Waals surface area contributed by atoms with Crippen molar-refractivity contribution in [3.63, 3.8) is 0 Å². The second kappa shape index (κ2) is 9.19. The molecule has 6 nitrogen and oxygen atoms in total. The highest BCUT2D eigenvalue weighted by Crippen LogP contribution is 2.45. The maximum absolute atomic E-state index is 13.7. The highest BCUT2D eigenvalue weighted by Gasteiger charge is 2.41. The molecule has 0 unspecified atom stereocenters. The Morgan fingerprint density at radius 1 is 0.972 bits per heavy atom. The van der Waals surface area contributed by atoms with Crippen molar-refractivity contribution in [2.24, 2.45) is 0 Å². The first-order chi connectivity index (χ1) is 17.7. The van der Waals surface area contributed by atoms with Gasteiger partial charge in [0.15, 0.2) is 0 Å². The zero-order valence-electron chi connectivity index (χ0n) is 20.4. The Bertz CT molecular complexity index is 1450. The Hall–Kier alpha value is -4.06. The molecule has 0 bridgehead atoms. The molecule has 36 heavy (non-hydrogen) atoms. The van der Waals surface area contributed by atoms with Gasteiger partial charge in [-0.05, 0) is 49.1 Å². The van der Waals surface area contributed by atoms with Gasteiger partial charge in [-0.3, -0.25) is 9.59 Å². The third-order valence-electron chi connectivity index (χ3n) is 7.45. The molecule has 0 spiro atoms. The number of H-pyrrole nitrogens is 1. The van der Waals surface area contributed by atoms with E-state index in [1.54, 1.807) is 12.0 Å². The van der Waals surface area contributed by atoms with Gasteiger partial charge in [-0.2, -0.15) is 0 Å². The third kappa shape index (κ3) is 3.73. The lowest BCUT2D eigenvalue weighted by molar-refractivity contribution is -0.133. The summed E-state index contributed by atoms with van der Waals surface area (Å²) in [7, 11) is 1.66. The van der Waals surface area contributed by atoms with E-state index in [0.29, 0.717) is 5.56 Å². The summed E-state index contributed by atoms with van der Waals surface area (Å²) in [6, 6.07) is 23.5. The van der Waals surface area contributed by atoms with Gasteiger partial charge < -0.3 is 19.5 Å². The molecule has 1 aromatic heterocycles. The quantitative estimate of drug-likeness (QED) is 0.417. The van der Waals surface area contributed by atoms with E-state index in [4.69, 9.17) is 4.74 Å². The van der Waals surface area contributed by atoms with Crippen molar-refractivity contribution in [3.05, 3.63) is 89.5 Å². The number of piperidine rings is 1. The molecule has 2 aliphatic heterocycles. The molecule has 0 aliphatic carbocycles. The molecule has 0 saturated carbocycles. The summed E-state index contributed by atoms with van der Waals surface area (Å²) in [5.41, 5.74) is 5.49. The summed E-state index contributed by atoms with van der Waals surface area (Å²) in [4.78, 5) is 34.4. The molecule has 2 amide bonds. The third-order valence-corrected chi connectivity index (χ3v) is 7.45. The minimum Gasteiger partial charge on any atom is -0.497 e. The van der Waals surface area contributed by atoms with Gasteiger partial charge in [0.2, 0.25) is 5.91 Å². The van der Waals surface area contributed by atoms with Crippen LogP contribution in [0.1, 0.15) is 46.8 Å². The van der Waals surface area contributed by atoms with Gasteiger partial charge in [0.25, 0.3) is 5.91 Å². The molecule has 3 aromatic carbocycles. The van der Waals surface area contributed by atoms with E-state index < -0.39 is 0 Å². The lowest BCUT2D eigenvalue weighted by atomic mass is 9.93. The number of rotatable bonds is 5. The van der Waals surface area contributed by atoms with E-state index in [2.05, 4.69) is 17.1 Å². The Morgan fingerprint density at radius 3 is 2.58 bits per heavy atom. The summed E-state index contributed by atoms with van der Waals surface area (Å²) < 4.78 is 5.50. The molecule has 1 saturated heterocycles. The van der Waals surface area contributed by atoms with Crippen LogP contribution in [0, 0.1) is 0 Å². The van der Waals surface area contributed by atoms with E-state index in [9.17, 15) is 9.59 Å². The monoisotopic (exact) mass is 479 g/mol. The summed E-state index contributed by atoms with van der Waals surface area (Å²) >= 11 is 0. The largest absolute Gasteiger partial charge is 0.497 e. The summed E-state index contributed by atoms with van der Waals surface area (Å²) in [5.74, 6) is 0.684. The van der Waals surface area contributed by atoms with E-state index >= 15 is 0 Å². The topological polar surface area (TPSA) is 65.6 Å². The van der Waals surface area contributed by atoms with Crippen molar-refractivity contribution < 1.29 is 14.3 Å². The Labute approximate surface area is 210 Å². The number of hydrogen-bond donors (Lipinski definition) is 1. The molecule has 6 rings (SSSR count).